The Kier molecular flexibility index (Phi) is 5.41. The molecule has 2 amide bonds. The van der Waals surface area contributed by atoms with E-state index in [-0.39, 0.29) is 23.3 Å². The molecule has 2 aliphatic rings. The van der Waals surface area contributed by atoms with Gasteiger partial charge >= 0.3 is 0 Å². The standard InChI is InChI=1S/C16H18BrClN2O4S/c17-12-1-2-14(18)13(9-12)16(22)20-6-4-19(5-7-20)15(21)11-3-8-25(23,24)10-11/h1-2,9,11H,3-8,10H2. The van der Waals surface area contributed by atoms with Gasteiger partial charge in [-0.05, 0) is 24.6 Å². The van der Waals surface area contributed by atoms with Crippen LogP contribution in [0.1, 0.15) is 16.8 Å². The quantitative estimate of drug-likeness (QED) is 0.690. The summed E-state index contributed by atoms with van der Waals surface area (Å²) in [5.74, 6) is -0.690. The van der Waals surface area contributed by atoms with Gasteiger partial charge in [0.05, 0.1) is 28.0 Å². The lowest BCUT2D eigenvalue weighted by molar-refractivity contribution is -0.136. The molecule has 0 bridgehead atoms. The summed E-state index contributed by atoms with van der Waals surface area (Å²) in [5.41, 5.74) is 0.428. The summed E-state index contributed by atoms with van der Waals surface area (Å²) in [6, 6.07) is 5.12. The zero-order valence-corrected chi connectivity index (χ0v) is 16.6. The number of hydrogen-bond donors (Lipinski definition) is 0. The molecule has 3 rings (SSSR count). The fourth-order valence-electron chi connectivity index (χ4n) is 3.21. The van der Waals surface area contributed by atoms with Crippen molar-refractivity contribution in [2.45, 2.75) is 6.42 Å². The van der Waals surface area contributed by atoms with Crippen LogP contribution in [0.4, 0.5) is 0 Å². The van der Waals surface area contributed by atoms with Crippen molar-refractivity contribution in [3.8, 4) is 0 Å². The highest BCUT2D eigenvalue weighted by molar-refractivity contribution is 9.10. The van der Waals surface area contributed by atoms with E-state index in [1.165, 1.54) is 0 Å². The van der Waals surface area contributed by atoms with Gasteiger partial charge in [-0.2, -0.15) is 0 Å². The van der Waals surface area contributed by atoms with Crippen LogP contribution in [0, 0.1) is 5.92 Å². The molecular weight excluding hydrogens is 432 g/mol. The zero-order chi connectivity index (χ0) is 18.2. The lowest BCUT2D eigenvalue weighted by Gasteiger charge is -2.36. The molecule has 2 saturated heterocycles. The Morgan fingerprint density at radius 3 is 2.36 bits per heavy atom. The van der Waals surface area contributed by atoms with Crippen LogP contribution in [-0.2, 0) is 14.6 Å². The first kappa shape index (κ1) is 18.7. The first-order valence-electron chi connectivity index (χ1n) is 8.00. The van der Waals surface area contributed by atoms with Crippen LogP contribution < -0.4 is 0 Å². The number of sulfone groups is 1. The van der Waals surface area contributed by atoms with Gasteiger partial charge in [0.25, 0.3) is 5.91 Å². The van der Waals surface area contributed by atoms with Gasteiger partial charge in [0, 0.05) is 30.7 Å². The topological polar surface area (TPSA) is 74.8 Å². The Labute approximate surface area is 160 Å². The smallest absolute Gasteiger partial charge is 0.255 e. The monoisotopic (exact) mass is 448 g/mol. The van der Waals surface area contributed by atoms with E-state index in [1.807, 2.05) is 0 Å². The van der Waals surface area contributed by atoms with Gasteiger partial charge in [-0.15, -0.1) is 0 Å². The summed E-state index contributed by atoms with van der Waals surface area (Å²) in [6.45, 7) is 1.64. The largest absolute Gasteiger partial charge is 0.339 e. The summed E-state index contributed by atoms with van der Waals surface area (Å²) in [6.07, 6.45) is 0.397. The molecule has 2 aliphatic heterocycles. The van der Waals surface area contributed by atoms with Crippen molar-refractivity contribution in [1.82, 2.24) is 9.80 Å². The number of hydrogen-bond acceptors (Lipinski definition) is 4. The molecule has 0 N–H and O–H groups in total. The van der Waals surface area contributed by atoms with Gasteiger partial charge in [0.15, 0.2) is 9.84 Å². The number of benzene rings is 1. The van der Waals surface area contributed by atoms with Crippen LogP contribution in [0.2, 0.25) is 5.02 Å². The van der Waals surface area contributed by atoms with E-state index in [4.69, 9.17) is 11.6 Å². The SMILES string of the molecule is O=C(c1cc(Br)ccc1Cl)N1CCN(C(=O)C2CCS(=O)(=O)C2)CC1. The normalized spacial score (nSPS) is 22.9. The zero-order valence-electron chi connectivity index (χ0n) is 13.5. The third kappa shape index (κ3) is 4.17. The number of amides is 2. The second-order valence-electron chi connectivity index (χ2n) is 6.34. The highest BCUT2D eigenvalue weighted by atomic mass is 79.9. The van der Waals surface area contributed by atoms with Gasteiger partial charge in [-0.3, -0.25) is 9.59 Å². The number of carbonyl (C=O) groups excluding carboxylic acids is 2. The molecule has 0 aromatic heterocycles. The number of nitrogens with zero attached hydrogens (tertiary/aromatic N) is 2. The number of rotatable bonds is 2. The van der Waals surface area contributed by atoms with Crippen LogP contribution in [0.15, 0.2) is 22.7 Å². The van der Waals surface area contributed by atoms with Crippen molar-refractivity contribution < 1.29 is 18.0 Å². The van der Waals surface area contributed by atoms with E-state index in [9.17, 15) is 18.0 Å². The minimum absolute atomic E-state index is 0.0569. The molecule has 0 aliphatic carbocycles. The molecular formula is C16H18BrClN2O4S. The van der Waals surface area contributed by atoms with Gasteiger partial charge in [-0.25, -0.2) is 8.42 Å². The molecule has 1 aromatic carbocycles. The Balaban J connectivity index is 1.61. The van der Waals surface area contributed by atoms with Crippen LogP contribution in [0.3, 0.4) is 0 Å². The molecule has 9 heteroatoms. The summed E-state index contributed by atoms with van der Waals surface area (Å²) in [4.78, 5) is 28.4. The summed E-state index contributed by atoms with van der Waals surface area (Å²) < 4.78 is 23.9. The molecule has 0 saturated carbocycles. The maximum absolute atomic E-state index is 12.6. The van der Waals surface area contributed by atoms with Crippen LogP contribution in [-0.4, -0.2) is 67.7 Å². The second-order valence-corrected chi connectivity index (χ2v) is 9.89. The molecule has 2 fully saturated rings. The molecule has 6 nitrogen and oxygen atoms in total. The van der Waals surface area contributed by atoms with E-state index < -0.39 is 15.8 Å². The van der Waals surface area contributed by atoms with Gasteiger partial charge in [0.2, 0.25) is 5.91 Å². The minimum atomic E-state index is -3.08. The number of carbonyl (C=O) groups is 2. The van der Waals surface area contributed by atoms with Gasteiger partial charge in [0.1, 0.15) is 0 Å². The molecule has 0 radical (unpaired) electrons. The Morgan fingerprint density at radius 2 is 1.76 bits per heavy atom. The molecule has 136 valence electrons. The summed E-state index contributed by atoms with van der Waals surface area (Å²) in [7, 11) is -3.08. The molecule has 25 heavy (non-hydrogen) atoms. The predicted molar refractivity (Wildman–Crippen MR) is 98.4 cm³/mol. The third-order valence-electron chi connectivity index (χ3n) is 4.62. The van der Waals surface area contributed by atoms with Crippen LogP contribution >= 0.6 is 27.5 Å². The fourth-order valence-corrected chi connectivity index (χ4v) is 5.50. The Hall–Kier alpha value is -1.12. The number of piperazine rings is 1. The van der Waals surface area contributed by atoms with Crippen LogP contribution in [0.25, 0.3) is 0 Å². The maximum atomic E-state index is 12.6. The van der Waals surface area contributed by atoms with E-state index in [0.717, 1.165) is 4.47 Å². The molecule has 2 heterocycles. The number of halogens is 2. The lowest BCUT2D eigenvalue weighted by Crippen LogP contribution is -2.52. The fraction of sp³-hybridized carbons (Fsp3) is 0.500. The van der Waals surface area contributed by atoms with Crippen molar-refractivity contribution in [2.24, 2.45) is 5.92 Å². The van der Waals surface area contributed by atoms with Crippen molar-refractivity contribution in [2.75, 3.05) is 37.7 Å². The van der Waals surface area contributed by atoms with Crippen molar-refractivity contribution >= 4 is 49.2 Å². The molecule has 0 spiro atoms. The molecule has 1 unspecified atom stereocenters. The highest BCUT2D eigenvalue weighted by Gasteiger charge is 2.36. The first-order chi connectivity index (χ1) is 11.8. The van der Waals surface area contributed by atoms with E-state index in [2.05, 4.69) is 15.9 Å². The average molecular weight is 450 g/mol. The molecule has 1 atom stereocenters. The van der Waals surface area contributed by atoms with Gasteiger partial charge < -0.3 is 9.80 Å². The third-order valence-corrected chi connectivity index (χ3v) is 7.21. The Bertz CT molecular complexity index is 806. The van der Waals surface area contributed by atoms with Crippen molar-refractivity contribution in [3.63, 3.8) is 0 Å². The average Bonchev–Trinajstić information content (AvgIpc) is 2.96. The molecule has 1 aromatic rings. The van der Waals surface area contributed by atoms with E-state index >= 15 is 0 Å². The van der Waals surface area contributed by atoms with Crippen molar-refractivity contribution in [3.05, 3.63) is 33.3 Å². The Morgan fingerprint density at radius 1 is 1.12 bits per heavy atom. The van der Waals surface area contributed by atoms with E-state index in [1.54, 1.807) is 28.0 Å². The predicted octanol–water partition coefficient (Wildman–Crippen LogP) is 1.82. The van der Waals surface area contributed by atoms with Crippen molar-refractivity contribution in [1.29, 1.82) is 0 Å². The summed E-state index contributed by atoms with van der Waals surface area (Å²) in [5, 5.41) is 0.392. The van der Waals surface area contributed by atoms with E-state index in [0.29, 0.717) is 43.2 Å². The second kappa shape index (κ2) is 7.25. The summed E-state index contributed by atoms with van der Waals surface area (Å²) >= 11 is 9.45. The first-order valence-corrected chi connectivity index (χ1v) is 11.0. The maximum Gasteiger partial charge on any atom is 0.255 e. The van der Waals surface area contributed by atoms with Gasteiger partial charge in [-0.1, -0.05) is 27.5 Å². The lowest BCUT2D eigenvalue weighted by atomic mass is 10.1. The van der Waals surface area contributed by atoms with Crippen LogP contribution in [0.5, 0.6) is 0 Å². The minimum Gasteiger partial charge on any atom is -0.339 e. The highest BCUT2D eigenvalue weighted by Crippen LogP contribution is 2.24.